The monoisotopic (exact) mass is 554 g/mol. The van der Waals surface area contributed by atoms with Crippen molar-refractivity contribution in [3.8, 4) is 22.3 Å². The van der Waals surface area contributed by atoms with Crippen molar-refractivity contribution in [2.45, 2.75) is 19.6 Å². The summed E-state index contributed by atoms with van der Waals surface area (Å²) in [5.74, 6) is 0. The van der Waals surface area contributed by atoms with Crippen LogP contribution in [-0.4, -0.2) is 6.71 Å². The largest absolute Gasteiger partial charge is 0.247 e. The predicted molar refractivity (Wildman–Crippen MR) is 178 cm³/mol. The van der Waals surface area contributed by atoms with Gasteiger partial charge in [0.15, 0.2) is 0 Å². The van der Waals surface area contributed by atoms with Gasteiger partial charge in [-0.1, -0.05) is 138 Å². The number of hydrogen-bond donors (Lipinski definition) is 0. The van der Waals surface area contributed by atoms with Crippen LogP contribution < -0.4 is 16.4 Å². The molecule has 0 N–H and O–H groups in total. The molecule has 0 atom stereocenters. The molecule has 9 rings (SSSR count). The molecule has 0 saturated carbocycles. The summed E-state index contributed by atoms with van der Waals surface area (Å²) < 4.78 is 0. The van der Waals surface area contributed by atoms with E-state index in [1.165, 1.54) is 79.8 Å². The third-order valence-electron chi connectivity index (χ3n) is 8.57. The number of rotatable bonds is 2. The minimum Gasteiger partial charge on any atom is -0.0911 e. The molecule has 0 saturated heterocycles. The first kappa shape index (κ1) is 23.5. The fourth-order valence-corrected chi connectivity index (χ4v) is 9.01. The normalized spacial score (nSPS) is 13.1. The first-order valence-electron chi connectivity index (χ1n) is 14.0. The molecule has 0 spiro atoms. The van der Waals surface area contributed by atoms with Crippen molar-refractivity contribution in [3.05, 3.63) is 140 Å². The Morgan fingerprint density at radius 1 is 0.341 bits per heavy atom. The zero-order valence-corrected chi connectivity index (χ0v) is 23.8. The Bertz CT molecular complexity index is 2030. The Morgan fingerprint density at radius 2 is 0.780 bits per heavy atom. The maximum Gasteiger partial charge on any atom is 0.247 e. The molecular formula is C38H23BS2. The summed E-state index contributed by atoms with van der Waals surface area (Å²) in [5, 5.41) is 5.13. The van der Waals surface area contributed by atoms with E-state index in [0.717, 1.165) is 0 Å². The molecule has 0 unspecified atom stereocenters. The van der Waals surface area contributed by atoms with Crippen molar-refractivity contribution in [1.29, 1.82) is 0 Å². The van der Waals surface area contributed by atoms with E-state index >= 15 is 0 Å². The fourth-order valence-electron chi connectivity index (χ4n) is 6.52. The van der Waals surface area contributed by atoms with Gasteiger partial charge in [0.1, 0.15) is 0 Å². The third kappa shape index (κ3) is 3.80. The average Bonchev–Trinajstić information content (AvgIpc) is 3.03. The molecule has 2 heterocycles. The molecule has 2 aliphatic rings. The molecular weight excluding hydrogens is 531 g/mol. The lowest BCUT2D eigenvalue weighted by molar-refractivity contribution is 1.33. The Labute approximate surface area is 248 Å². The van der Waals surface area contributed by atoms with E-state index in [4.69, 9.17) is 0 Å². The quantitative estimate of drug-likeness (QED) is 0.196. The van der Waals surface area contributed by atoms with Gasteiger partial charge >= 0.3 is 0 Å². The summed E-state index contributed by atoms with van der Waals surface area (Å²) in [6.07, 6.45) is 0. The van der Waals surface area contributed by atoms with E-state index in [2.05, 4.69) is 140 Å². The van der Waals surface area contributed by atoms with E-state index < -0.39 is 0 Å². The van der Waals surface area contributed by atoms with Crippen LogP contribution in [0.5, 0.6) is 0 Å². The van der Waals surface area contributed by atoms with Crippen LogP contribution in [0.25, 0.3) is 43.8 Å². The maximum absolute atomic E-state index is 2.41. The number of hydrogen-bond acceptors (Lipinski definition) is 2. The highest BCUT2D eigenvalue weighted by atomic mass is 32.2. The lowest BCUT2D eigenvalue weighted by atomic mass is 9.36. The molecule has 0 aliphatic carbocycles. The topological polar surface area (TPSA) is 0 Å². The summed E-state index contributed by atoms with van der Waals surface area (Å²) in [4.78, 5) is 5.49. The summed E-state index contributed by atoms with van der Waals surface area (Å²) in [5.41, 5.74) is 9.40. The van der Waals surface area contributed by atoms with Crippen molar-refractivity contribution in [1.82, 2.24) is 0 Å². The van der Waals surface area contributed by atoms with Crippen LogP contribution in [-0.2, 0) is 0 Å². The third-order valence-corrected chi connectivity index (χ3v) is 10.9. The van der Waals surface area contributed by atoms with E-state index in [1.54, 1.807) is 0 Å². The van der Waals surface area contributed by atoms with Crippen molar-refractivity contribution < 1.29 is 0 Å². The van der Waals surface area contributed by atoms with Gasteiger partial charge in [-0.2, -0.15) is 0 Å². The summed E-state index contributed by atoms with van der Waals surface area (Å²) in [7, 11) is 0. The molecule has 0 fully saturated rings. The second-order valence-corrected chi connectivity index (χ2v) is 13.1. The highest BCUT2D eigenvalue weighted by Gasteiger charge is 2.38. The molecule has 3 heteroatoms. The number of fused-ring (bicyclic) bond motifs is 6. The van der Waals surface area contributed by atoms with Gasteiger partial charge < -0.3 is 0 Å². The lowest BCUT2D eigenvalue weighted by Crippen LogP contribution is -2.57. The molecule has 0 aromatic heterocycles. The van der Waals surface area contributed by atoms with Crippen LogP contribution in [0.2, 0.25) is 0 Å². The minimum atomic E-state index is 0.255. The fraction of sp³-hybridized carbons (Fsp3) is 0. The standard InChI is InChI=1S/C38H23BS2/c1-3-8-26-20-28(14-12-24(26)6-1)30-16-18-32-36(22-30)40-34-10-5-11-35-38(34)39(32)33-19-17-31(23-37(33)41-35)29-15-13-25-7-2-4-9-27(25)21-29/h1-23H. The maximum atomic E-state index is 2.41. The highest BCUT2D eigenvalue weighted by Crippen LogP contribution is 2.40. The molecule has 0 nitrogen and oxygen atoms in total. The SMILES string of the molecule is c1cc2c3c(c1)Sc1cc(-c4ccc5ccccc5c4)ccc1B3c1ccc(-c3ccc4ccccc4c3)cc1S2. The zero-order chi connectivity index (χ0) is 26.9. The first-order valence-corrected chi connectivity index (χ1v) is 15.7. The summed E-state index contributed by atoms with van der Waals surface area (Å²) >= 11 is 3.85. The van der Waals surface area contributed by atoms with Crippen LogP contribution in [0.4, 0.5) is 0 Å². The van der Waals surface area contributed by atoms with Gasteiger partial charge in [-0.3, -0.25) is 0 Å². The highest BCUT2D eigenvalue weighted by molar-refractivity contribution is 8.01. The van der Waals surface area contributed by atoms with E-state index in [0.29, 0.717) is 0 Å². The molecule has 7 aromatic carbocycles. The molecule has 2 aliphatic heterocycles. The Kier molecular flexibility index (Phi) is 5.26. The van der Waals surface area contributed by atoms with Crippen molar-refractivity contribution in [3.63, 3.8) is 0 Å². The molecule has 7 aromatic rings. The van der Waals surface area contributed by atoms with Gasteiger partial charge in [-0.25, -0.2) is 0 Å². The summed E-state index contributed by atoms with van der Waals surface area (Å²) in [6, 6.07) is 51.9. The number of benzene rings is 7. The smallest absolute Gasteiger partial charge is 0.0911 e. The van der Waals surface area contributed by atoms with Crippen LogP contribution in [0.3, 0.4) is 0 Å². The van der Waals surface area contributed by atoms with Crippen molar-refractivity contribution in [2.75, 3.05) is 0 Å². The molecule has 0 bridgehead atoms. The van der Waals surface area contributed by atoms with E-state index in [1.807, 2.05) is 23.5 Å². The van der Waals surface area contributed by atoms with Gasteiger partial charge in [0.05, 0.1) is 0 Å². The molecule has 0 radical (unpaired) electrons. The zero-order valence-electron chi connectivity index (χ0n) is 22.2. The van der Waals surface area contributed by atoms with Gasteiger partial charge in [-0.15, -0.1) is 0 Å². The van der Waals surface area contributed by atoms with Crippen LogP contribution >= 0.6 is 23.5 Å². The Morgan fingerprint density at radius 3 is 1.29 bits per heavy atom. The molecule has 0 amide bonds. The van der Waals surface area contributed by atoms with Crippen LogP contribution in [0.1, 0.15) is 0 Å². The molecule has 41 heavy (non-hydrogen) atoms. The predicted octanol–water partition coefficient (Wildman–Crippen LogP) is 8.77. The average molecular weight is 555 g/mol. The Balaban J connectivity index is 1.16. The van der Waals surface area contributed by atoms with Crippen LogP contribution in [0.15, 0.2) is 159 Å². The van der Waals surface area contributed by atoms with Gasteiger partial charge in [-0.05, 0) is 85.7 Å². The van der Waals surface area contributed by atoms with Gasteiger partial charge in [0.2, 0.25) is 6.71 Å². The summed E-state index contributed by atoms with van der Waals surface area (Å²) in [6.45, 7) is 0.255. The molecule has 190 valence electrons. The minimum absolute atomic E-state index is 0.255. The Hall–Kier alpha value is -4.18. The van der Waals surface area contributed by atoms with E-state index in [9.17, 15) is 0 Å². The van der Waals surface area contributed by atoms with Crippen molar-refractivity contribution in [2.24, 2.45) is 0 Å². The van der Waals surface area contributed by atoms with Crippen LogP contribution in [0, 0.1) is 0 Å². The second-order valence-electron chi connectivity index (χ2n) is 10.9. The van der Waals surface area contributed by atoms with E-state index in [-0.39, 0.29) is 6.71 Å². The van der Waals surface area contributed by atoms with Gasteiger partial charge in [0.25, 0.3) is 0 Å². The lowest BCUT2D eigenvalue weighted by Gasteiger charge is -2.33. The first-order chi connectivity index (χ1) is 20.3. The second kappa shape index (κ2) is 9.17. The van der Waals surface area contributed by atoms with Crippen molar-refractivity contribution >= 4 is 68.2 Å². The van der Waals surface area contributed by atoms with Gasteiger partial charge in [0, 0.05) is 19.6 Å².